The summed E-state index contributed by atoms with van der Waals surface area (Å²) >= 11 is 1.37. The van der Waals surface area contributed by atoms with E-state index in [4.69, 9.17) is 9.15 Å². The molecular weight excluding hydrogens is 338 g/mol. The molecule has 0 unspecified atom stereocenters. The highest BCUT2D eigenvalue weighted by Gasteiger charge is 2.43. The zero-order chi connectivity index (χ0) is 17.7. The van der Waals surface area contributed by atoms with Crippen LogP contribution in [-0.2, 0) is 23.9 Å². The minimum atomic E-state index is -0.809. The minimum absolute atomic E-state index is 0.300. The molecule has 2 heterocycles. The van der Waals surface area contributed by atoms with Gasteiger partial charge in [-0.2, -0.15) is 0 Å². The molecule has 130 valence electrons. The number of hydrazine groups is 1. The number of rotatable bonds is 4. The highest BCUT2D eigenvalue weighted by Crippen LogP contribution is 2.41. The van der Waals surface area contributed by atoms with Gasteiger partial charge in [0.2, 0.25) is 11.8 Å². The number of carbonyl (C=O) groups excluding carboxylic acids is 4. The third kappa shape index (κ3) is 4.28. The second-order valence-electron chi connectivity index (χ2n) is 4.98. The Hall–Kier alpha value is -2.49. The van der Waals surface area contributed by atoms with E-state index < -0.39 is 35.8 Å². The maximum Gasteiger partial charge on any atom is 0.330 e. The van der Waals surface area contributed by atoms with Gasteiger partial charge in [-0.05, 0) is 12.1 Å². The van der Waals surface area contributed by atoms with Crippen molar-refractivity contribution in [3.63, 3.8) is 0 Å². The molecule has 0 saturated carbocycles. The normalized spacial score (nSPS) is 19.7. The average Bonchev–Trinajstić information content (AvgIpc) is 3.18. The highest BCUT2D eigenvalue weighted by molar-refractivity contribution is 7.99. The second-order valence-corrected chi connectivity index (χ2v) is 6.09. The fraction of sp³-hybridized carbons (Fsp3) is 0.429. The molecule has 1 aromatic rings. The first kappa shape index (κ1) is 17.9. The van der Waals surface area contributed by atoms with E-state index in [0.29, 0.717) is 11.5 Å². The molecule has 24 heavy (non-hydrogen) atoms. The average molecular weight is 355 g/mol. The van der Waals surface area contributed by atoms with E-state index >= 15 is 0 Å². The van der Waals surface area contributed by atoms with Crippen LogP contribution in [0.2, 0.25) is 0 Å². The maximum atomic E-state index is 12.2. The summed E-state index contributed by atoms with van der Waals surface area (Å²) in [7, 11) is 0. The number of nitrogens with one attached hydrogen (secondary N) is 2. The third-order valence-electron chi connectivity index (χ3n) is 3.15. The number of ether oxygens (including phenoxy) is 1. The lowest BCUT2D eigenvalue weighted by Crippen LogP contribution is -2.45. The van der Waals surface area contributed by atoms with Crippen molar-refractivity contribution in [1.82, 2.24) is 15.8 Å². The number of furan rings is 1. The molecular formula is C14H17N3O6S. The molecule has 2 rings (SSSR count). The van der Waals surface area contributed by atoms with Crippen molar-refractivity contribution in [3.05, 3.63) is 24.2 Å². The predicted molar refractivity (Wildman–Crippen MR) is 83.1 cm³/mol. The zero-order valence-corrected chi connectivity index (χ0v) is 13.9. The van der Waals surface area contributed by atoms with Crippen molar-refractivity contribution >= 4 is 35.5 Å². The summed E-state index contributed by atoms with van der Waals surface area (Å²) in [4.78, 5) is 47.6. The molecule has 1 aliphatic rings. The van der Waals surface area contributed by atoms with Crippen LogP contribution in [0.3, 0.4) is 0 Å². The van der Waals surface area contributed by atoms with Gasteiger partial charge in [0, 0.05) is 19.6 Å². The van der Waals surface area contributed by atoms with Crippen LogP contribution in [0.1, 0.15) is 25.0 Å². The quantitative estimate of drug-likeness (QED) is 0.574. The Morgan fingerprint density at radius 2 is 2.08 bits per heavy atom. The molecule has 3 amide bonds. The van der Waals surface area contributed by atoms with Crippen molar-refractivity contribution in [2.45, 2.75) is 25.3 Å². The van der Waals surface area contributed by atoms with Crippen molar-refractivity contribution in [2.75, 3.05) is 12.4 Å². The van der Waals surface area contributed by atoms with Gasteiger partial charge in [-0.15, -0.1) is 11.8 Å². The standard InChI is InChI=1S/C14H17N3O6S/c1-8(18)15-16-12(20)6-23-14(21)10-7-24-13(17(10)9(2)19)11-4-3-5-22-11/h3-5,10,13H,6-7H2,1-2H3,(H,15,18)(H,16,20)/t10-,13-/m1/s1. The minimum Gasteiger partial charge on any atom is -0.466 e. The summed E-state index contributed by atoms with van der Waals surface area (Å²) in [6.07, 6.45) is 1.49. The van der Waals surface area contributed by atoms with Crippen LogP contribution in [0.25, 0.3) is 0 Å². The van der Waals surface area contributed by atoms with E-state index in [9.17, 15) is 19.2 Å². The first-order chi connectivity index (χ1) is 11.4. The van der Waals surface area contributed by atoms with E-state index in [1.54, 1.807) is 12.1 Å². The summed E-state index contributed by atoms with van der Waals surface area (Å²) in [5.74, 6) is -1.23. The molecule has 1 aromatic heterocycles. The van der Waals surface area contributed by atoms with Gasteiger partial charge in [0.05, 0.1) is 6.26 Å². The molecule has 2 atom stereocenters. The van der Waals surface area contributed by atoms with Gasteiger partial charge in [0.1, 0.15) is 17.2 Å². The fourth-order valence-corrected chi connectivity index (χ4v) is 3.57. The monoisotopic (exact) mass is 355 g/mol. The summed E-state index contributed by atoms with van der Waals surface area (Å²) < 4.78 is 10.2. The number of amides is 3. The highest BCUT2D eigenvalue weighted by atomic mass is 32.2. The van der Waals surface area contributed by atoms with Gasteiger partial charge < -0.3 is 14.1 Å². The number of carbonyl (C=O) groups is 4. The molecule has 1 saturated heterocycles. The molecule has 1 fully saturated rings. The first-order valence-electron chi connectivity index (χ1n) is 7.06. The number of esters is 1. The van der Waals surface area contributed by atoms with Crippen LogP contribution in [0, 0.1) is 0 Å². The molecule has 10 heteroatoms. The van der Waals surface area contributed by atoms with E-state index in [1.807, 2.05) is 0 Å². The Balaban J connectivity index is 1.95. The predicted octanol–water partition coefficient (Wildman–Crippen LogP) is -0.0474. The third-order valence-corrected chi connectivity index (χ3v) is 4.43. The van der Waals surface area contributed by atoms with Crippen LogP contribution < -0.4 is 10.9 Å². The summed E-state index contributed by atoms with van der Waals surface area (Å²) in [5.41, 5.74) is 4.16. The number of hydrogen-bond donors (Lipinski definition) is 2. The van der Waals surface area contributed by atoms with Gasteiger partial charge in [-0.3, -0.25) is 25.2 Å². The molecule has 0 aliphatic carbocycles. The maximum absolute atomic E-state index is 12.2. The lowest BCUT2D eigenvalue weighted by molar-refractivity contribution is -0.156. The van der Waals surface area contributed by atoms with Gasteiger partial charge in [0.15, 0.2) is 6.61 Å². The molecule has 0 aromatic carbocycles. The SMILES string of the molecule is CC(=O)NNC(=O)COC(=O)[C@H]1CS[C@H](c2ccco2)N1C(C)=O. The Bertz CT molecular complexity index is 632. The topological polar surface area (TPSA) is 118 Å². The van der Waals surface area contributed by atoms with Crippen LogP contribution in [0.4, 0.5) is 0 Å². The van der Waals surface area contributed by atoms with Crippen molar-refractivity contribution < 1.29 is 28.3 Å². The van der Waals surface area contributed by atoms with Gasteiger partial charge in [0.25, 0.3) is 5.91 Å². The van der Waals surface area contributed by atoms with Crippen molar-refractivity contribution in [1.29, 1.82) is 0 Å². The van der Waals surface area contributed by atoms with E-state index in [0.717, 1.165) is 0 Å². The summed E-state index contributed by atoms with van der Waals surface area (Å²) in [6, 6.07) is 2.62. The lowest BCUT2D eigenvalue weighted by atomic mass is 10.2. The van der Waals surface area contributed by atoms with Gasteiger partial charge in [-0.25, -0.2) is 4.79 Å². The van der Waals surface area contributed by atoms with E-state index in [-0.39, 0.29) is 5.91 Å². The Kier molecular flexibility index (Phi) is 5.85. The van der Waals surface area contributed by atoms with Crippen LogP contribution in [0.5, 0.6) is 0 Å². The molecule has 0 radical (unpaired) electrons. The smallest absolute Gasteiger partial charge is 0.330 e. The van der Waals surface area contributed by atoms with Crippen LogP contribution >= 0.6 is 11.8 Å². The van der Waals surface area contributed by atoms with E-state index in [2.05, 4.69) is 10.9 Å². The van der Waals surface area contributed by atoms with Crippen LogP contribution in [-0.4, -0.2) is 47.0 Å². The molecule has 0 bridgehead atoms. The van der Waals surface area contributed by atoms with Gasteiger partial charge >= 0.3 is 5.97 Å². The van der Waals surface area contributed by atoms with Crippen LogP contribution in [0.15, 0.2) is 22.8 Å². The largest absolute Gasteiger partial charge is 0.466 e. The molecule has 2 N–H and O–H groups in total. The Morgan fingerprint density at radius 3 is 2.67 bits per heavy atom. The number of hydrogen-bond acceptors (Lipinski definition) is 7. The number of nitrogens with zero attached hydrogens (tertiary/aromatic N) is 1. The molecule has 0 spiro atoms. The fourth-order valence-electron chi connectivity index (χ4n) is 2.15. The van der Waals surface area contributed by atoms with Crippen molar-refractivity contribution in [3.8, 4) is 0 Å². The molecule has 1 aliphatic heterocycles. The summed E-state index contributed by atoms with van der Waals surface area (Å²) in [5, 5.41) is -0.414. The molecule has 9 nitrogen and oxygen atoms in total. The zero-order valence-electron chi connectivity index (χ0n) is 13.1. The Morgan fingerprint density at radius 1 is 1.33 bits per heavy atom. The first-order valence-corrected chi connectivity index (χ1v) is 8.11. The second kappa shape index (κ2) is 7.86. The number of thioether (sulfide) groups is 1. The lowest BCUT2D eigenvalue weighted by Gasteiger charge is -2.25. The van der Waals surface area contributed by atoms with Crippen molar-refractivity contribution in [2.24, 2.45) is 0 Å². The Labute approximate surface area is 142 Å². The van der Waals surface area contributed by atoms with E-state index in [1.165, 1.54) is 36.8 Å². The van der Waals surface area contributed by atoms with Gasteiger partial charge in [-0.1, -0.05) is 0 Å². The summed E-state index contributed by atoms with van der Waals surface area (Å²) in [6.45, 7) is 2.02.